The number of phosphoric acid groups is 1. The standard InChI is InChI=1S/C13H20N5O7P/c1-6(2)13(18-5-17-8-11(14)15-4-16-12(8)18)10(20)9(19)7(25-13)3-24-26(21,22)23/h4-7,9-10,19-20H,3H2,1-2H3,(H2,14,15,16)(H2,21,22,23)/t7-,9-,10-,13-/m1/s1. The Labute approximate surface area is 147 Å². The third-order valence-corrected chi connectivity index (χ3v) is 4.93. The van der Waals surface area contributed by atoms with E-state index in [1.54, 1.807) is 13.8 Å². The van der Waals surface area contributed by atoms with Gasteiger partial charge in [0.1, 0.15) is 30.2 Å². The Bertz CT molecular complexity index is 855. The van der Waals surface area contributed by atoms with Crippen molar-refractivity contribution in [2.75, 3.05) is 12.3 Å². The van der Waals surface area contributed by atoms with Gasteiger partial charge in [-0.3, -0.25) is 9.09 Å². The zero-order chi connectivity index (χ0) is 19.3. The maximum absolute atomic E-state index is 10.9. The van der Waals surface area contributed by atoms with Gasteiger partial charge in [-0.25, -0.2) is 19.5 Å². The minimum atomic E-state index is -4.76. The molecule has 0 amide bonds. The molecule has 4 atom stereocenters. The van der Waals surface area contributed by atoms with Gasteiger partial charge in [0.2, 0.25) is 0 Å². The molecule has 6 N–H and O–H groups in total. The third kappa shape index (κ3) is 2.99. The van der Waals surface area contributed by atoms with E-state index in [-0.39, 0.29) is 17.4 Å². The molecule has 12 nitrogen and oxygen atoms in total. The molecule has 144 valence electrons. The van der Waals surface area contributed by atoms with Crippen molar-refractivity contribution >= 4 is 24.8 Å². The van der Waals surface area contributed by atoms with E-state index in [4.69, 9.17) is 20.3 Å². The number of nitrogen functional groups attached to an aromatic ring is 1. The van der Waals surface area contributed by atoms with Gasteiger partial charge in [-0.1, -0.05) is 13.8 Å². The highest BCUT2D eigenvalue weighted by Gasteiger charge is 2.58. The van der Waals surface area contributed by atoms with Crippen LogP contribution in [0.25, 0.3) is 11.2 Å². The summed E-state index contributed by atoms with van der Waals surface area (Å²) >= 11 is 0. The Balaban J connectivity index is 2.05. The Morgan fingerprint density at radius 2 is 2.08 bits per heavy atom. The zero-order valence-corrected chi connectivity index (χ0v) is 14.9. The number of nitrogens with zero attached hydrogens (tertiary/aromatic N) is 4. The largest absolute Gasteiger partial charge is 0.469 e. The van der Waals surface area contributed by atoms with Crippen LogP contribution in [0.4, 0.5) is 5.82 Å². The number of anilines is 1. The first-order chi connectivity index (χ1) is 12.1. The number of rotatable bonds is 5. The lowest BCUT2D eigenvalue weighted by Crippen LogP contribution is -2.49. The highest BCUT2D eigenvalue weighted by molar-refractivity contribution is 7.46. The molecule has 1 aliphatic rings. The molecule has 3 rings (SSSR count). The molecule has 1 fully saturated rings. The van der Waals surface area contributed by atoms with Crippen LogP contribution in [0.2, 0.25) is 0 Å². The second kappa shape index (κ2) is 6.50. The molecule has 2 aromatic rings. The Morgan fingerprint density at radius 3 is 2.69 bits per heavy atom. The average Bonchev–Trinajstić information content (AvgIpc) is 3.08. The lowest BCUT2D eigenvalue weighted by molar-refractivity contribution is -0.173. The smallest absolute Gasteiger partial charge is 0.387 e. The van der Waals surface area contributed by atoms with E-state index in [1.807, 2.05) is 0 Å². The summed E-state index contributed by atoms with van der Waals surface area (Å²) in [4.78, 5) is 29.9. The molecule has 1 aliphatic heterocycles. The van der Waals surface area contributed by atoms with Crippen molar-refractivity contribution in [2.45, 2.75) is 37.9 Å². The van der Waals surface area contributed by atoms with Gasteiger partial charge in [0.15, 0.2) is 17.2 Å². The molecule has 3 heterocycles. The fourth-order valence-electron chi connectivity index (χ4n) is 3.20. The lowest BCUT2D eigenvalue weighted by atomic mass is 9.91. The van der Waals surface area contributed by atoms with Gasteiger partial charge in [-0.2, -0.15) is 0 Å². The summed E-state index contributed by atoms with van der Waals surface area (Å²) in [5.41, 5.74) is 4.87. The number of nitrogens with two attached hydrogens (primary N) is 1. The topological polar surface area (TPSA) is 186 Å². The highest BCUT2D eigenvalue weighted by atomic mass is 31.2. The van der Waals surface area contributed by atoms with Crippen molar-refractivity contribution < 1.29 is 33.8 Å². The SMILES string of the molecule is CC(C)[C@@]1(n2cnc3c(N)ncnc32)O[C@H](COP(=O)(O)O)[C@@H](O)[C@H]1O. The maximum Gasteiger partial charge on any atom is 0.469 e. The van der Waals surface area contributed by atoms with Crippen molar-refractivity contribution in [2.24, 2.45) is 5.92 Å². The fourth-order valence-corrected chi connectivity index (χ4v) is 3.54. The van der Waals surface area contributed by atoms with E-state index in [0.29, 0.717) is 5.52 Å². The summed E-state index contributed by atoms with van der Waals surface area (Å²) in [5, 5.41) is 21.1. The van der Waals surface area contributed by atoms with E-state index in [0.717, 1.165) is 0 Å². The van der Waals surface area contributed by atoms with Crippen molar-refractivity contribution in [1.29, 1.82) is 0 Å². The van der Waals surface area contributed by atoms with Crippen LogP contribution in [-0.2, 0) is 19.6 Å². The van der Waals surface area contributed by atoms with Gasteiger partial charge in [0.05, 0.1) is 12.9 Å². The van der Waals surface area contributed by atoms with E-state index in [9.17, 15) is 14.8 Å². The molecule has 1 saturated heterocycles. The number of imidazole rings is 1. The fraction of sp³-hybridized carbons (Fsp3) is 0.615. The number of aliphatic hydroxyl groups excluding tert-OH is 2. The second-order valence-electron chi connectivity index (χ2n) is 6.33. The van der Waals surface area contributed by atoms with Crippen molar-refractivity contribution in [3.8, 4) is 0 Å². The molecule has 0 aromatic carbocycles. The van der Waals surface area contributed by atoms with E-state index >= 15 is 0 Å². The maximum atomic E-state index is 10.9. The number of hydrogen-bond donors (Lipinski definition) is 5. The minimum Gasteiger partial charge on any atom is -0.387 e. The second-order valence-corrected chi connectivity index (χ2v) is 7.57. The van der Waals surface area contributed by atoms with Gasteiger partial charge >= 0.3 is 7.82 Å². The zero-order valence-electron chi connectivity index (χ0n) is 14.0. The molecular weight excluding hydrogens is 369 g/mol. The lowest BCUT2D eigenvalue weighted by Gasteiger charge is -2.37. The first kappa shape index (κ1) is 19.1. The van der Waals surface area contributed by atoms with Crippen LogP contribution in [0.15, 0.2) is 12.7 Å². The van der Waals surface area contributed by atoms with Crippen molar-refractivity contribution in [1.82, 2.24) is 19.5 Å². The monoisotopic (exact) mass is 389 g/mol. The molecule has 0 spiro atoms. The normalized spacial score (nSPS) is 29.7. The summed E-state index contributed by atoms with van der Waals surface area (Å²) in [6.45, 7) is 2.89. The first-order valence-electron chi connectivity index (χ1n) is 7.76. The molecule has 0 radical (unpaired) electrons. The number of ether oxygens (including phenoxy) is 1. The van der Waals surface area contributed by atoms with Crippen LogP contribution in [0.5, 0.6) is 0 Å². The number of fused-ring (bicyclic) bond motifs is 1. The third-order valence-electron chi connectivity index (χ3n) is 4.44. The number of hydrogen-bond acceptors (Lipinski definition) is 9. The van der Waals surface area contributed by atoms with Crippen LogP contribution in [0, 0.1) is 5.92 Å². The molecule has 13 heteroatoms. The van der Waals surface area contributed by atoms with Crippen LogP contribution >= 0.6 is 7.82 Å². The van der Waals surface area contributed by atoms with Gasteiger partial charge in [0, 0.05) is 5.92 Å². The predicted octanol–water partition coefficient (Wildman–Crippen LogP) is -1.05. The number of aromatic nitrogens is 4. The van der Waals surface area contributed by atoms with Gasteiger partial charge in [0.25, 0.3) is 0 Å². The summed E-state index contributed by atoms with van der Waals surface area (Å²) in [7, 11) is -4.76. The molecule has 2 aromatic heterocycles. The Hall–Kier alpha value is -1.66. The molecule has 0 unspecified atom stereocenters. The number of phosphoric ester groups is 1. The first-order valence-corrected chi connectivity index (χ1v) is 9.29. The number of aliphatic hydroxyl groups is 2. The molecule has 0 saturated carbocycles. The quantitative estimate of drug-likeness (QED) is 0.393. The summed E-state index contributed by atoms with van der Waals surface area (Å²) in [5.74, 6) is -0.247. The van der Waals surface area contributed by atoms with Crippen LogP contribution in [-0.4, -0.2) is 64.4 Å². The molecule has 26 heavy (non-hydrogen) atoms. The predicted molar refractivity (Wildman–Crippen MR) is 87.4 cm³/mol. The van der Waals surface area contributed by atoms with Crippen LogP contribution in [0.3, 0.4) is 0 Å². The minimum absolute atomic E-state index is 0.141. The summed E-state index contributed by atoms with van der Waals surface area (Å²) < 4.78 is 22.7. The summed E-state index contributed by atoms with van der Waals surface area (Å²) in [6.07, 6.45) is -1.49. The van der Waals surface area contributed by atoms with Crippen LogP contribution < -0.4 is 5.73 Å². The Kier molecular flexibility index (Phi) is 4.78. The van der Waals surface area contributed by atoms with Gasteiger partial charge < -0.3 is 30.5 Å². The summed E-state index contributed by atoms with van der Waals surface area (Å²) in [6, 6.07) is 0. The van der Waals surface area contributed by atoms with E-state index in [1.165, 1.54) is 17.2 Å². The highest BCUT2D eigenvalue weighted by Crippen LogP contribution is 2.44. The average molecular weight is 389 g/mol. The van der Waals surface area contributed by atoms with Gasteiger partial charge in [-0.05, 0) is 0 Å². The van der Waals surface area contributed by atoms with Crippen molar-refractivity contribution in [3.05, 3.63) is 12.7 Å². The molecule has 0 bridgehead atoms. The Morgan fingerprint density at radius 1 is 1.38 bits per heavy atom. The van der Waals surface area contributed by atoms with E-state index in [2.05, 4.69) is 19.5 Å². The molecule has 0 aliphatic carbocycles. The molecular formula is C13H20N5O7P. The van der Waals surface area contributed by atoms with Gasteiger partial charge in [-0.15, -0.1) is 0 Å². The van der Waals surface area contributed by atoms with E-state index < -0.39 is 38.5 Å². The van der Waals surface area contributed by atoms with Crippen LogP contribution in [0.1, 0.15) is 13.8 Å². The van der Waals surface area contributed by atoms with Crippen molar-refractivity contribution in [3.63, 3.8) is 0 Å².